The van der Waals surface area contributed by atoms with Crippen molar-refractivity contribution in [3.63, 3.8) is 0 Å². The van der Waals surface area contributed by atoms with Crippen LogP contribution in [0, 0.1) is 11.3 Å². The van der Waals surface area contributed by atoms with Crippen molar-refractivity contribution in [2.75, 3.05) is 43.4 Å². The topological polar surface area (TPSA) is 56.3 Å². The van der Waals surface area contributed by atoms with Gasteiger partial charge in [0.1, 0.15) is 6.07 Å². The van der Waals surface area contributed by atoms with E-state index in [1.807, 2.05) is 12.1 Å². The van der Waals surface area contributed by atoms with E-state index in [0.29, 0.717) is 11.3 Å². The molecule has 1 aromatic carbocycles. The molecule has 1 saturated heterocycles. The van der Waals surface area contributed by atoms with Crippen LogP contribution in [0.4, 0.5) is 11.4 Å². The van der Waals surface area contributed by atoms with E-state index in [2.05, 4.69) is 22.8 Å². The Balaban J connectivity index is 2.09. The Labute approximate surface area is 102 Å². The van der Waals surface area contributed by atoms with Crippen molar-refractivity contribution in [1.82, 2.24) is 4.90 Å². The first-order valence-corrected chi connectivity index (χ1v) is 6.01. The fraction of sp³-hybridized carbons (Fsp3) is 0.462. The van der Waals surface area contributed by atoms with E-state index in [4.69, 9.17) is 11.0 Å². The molecule has 4 heteroatoms. The molecule has 0 radical (unpaired) electrons. The van der Waals surface area contributed by atoms with E-state index in [-0.39, 0.29) is 0 Å². The van der Waals surface area contributed by atoms with Gasteiger partial charge >= 0.3 is 0 Å². The number of piperazine rings is 1. The van der Waals surface area contributed by atoms with Crippen LogP contribution in [0.5, 0.6) is 0 Å². The minimum atomic E-state index is 0.556. The minimum absolute atomic E-state index is 0.556. The van der Waals surface area contributed by atoms with Gasteiger partial charge in [0.2, 0.25) is 0 Å². The van der Waals surface area contributed by atoms with Gasteiger partial charge in [0.25, 0.3) is 0 Å². The lowest BCUT2D eigenvalue weighted by molar-refractivity contribution is 0.271. The summed E-state index contributed by atoms with van der Waals surface area (Å²) in [5, 5.41) is 8.84. The highest BCUT2D eigenvalue weighted by Gasteiger charge is 2.16. The van der Waals surface area contributed by atoms with Gasteiger partial charge in [0.05, 0.1) is 11.3 Å². The number of rotatable bonds is 2. The smallest absolute Gasteiger partial charge is 0.101 e. The zero-order valence-corrected chi connectivity index (χ0v) is 10.2. The molecule has 1 aliphatic rings. The number of nitrogens with zero attached hydrogens (tertiary/aromatic N) is 3. The second kappa shape index (κ2) is 5.07. The fourth-order valence-corrected chi connectivity index (χ4v) is 2.17. The number of hydrogen-bond donors (Lipinski definition) is 1. The van der Waals surface area contributed by atoms with Crippen LogP contribution in [0.15, 0.2) is 18.2 Å². The van der Waals surface area contributed by atoms with E-state index in [1.165, 1.54) is 0 Å². The molecule has 1 fully saturated rings. The zero-order valence-electron chi connectivity index (χ0n) is 10.2. The van der Waals surface area contributed by atoms with Crippen molar-refractivity contribution in [2.24, 2.45) is 0 Å². The molecule has 0 aliphatic carbocycles. The Kier molecular flexibility index (Phi) is 3.50. The number of nitrogen functional groups attached to an aromatic ring is 1. The van der Waals surface area contributed by atoms with Crippen molar-refractivity contribution < 1.29 is 0 Å². The first-order chi connectivity index (χ1) is 8.24. The van der Waals surface area contributed by atoms with Crippen LogP contribution < -0.4 is 10.6 Å². The molecule has 0 atom stereocenters. The minimum Gasteiger partial charge on any atom is -0.398 e. The average molecular weight is 230 g/mol. The van der Waals surface area contributed by atoms with E-state index < -0.39 is 0 Å². The maximum Gasteiger partial charge on any atom is 0.101 e. The second-order valence-electron chi connectivity index (χ2n) is 4.30. The number of nitriles is 1. The Bertz CT molecular complexity index is 428. The molecular weight excluding hydrogens is 212 g/mol. The SMILES string of the molecule is CCN1CCN(c2ccc(C#N)c(N)c2)CC1. The summed E-state index contributed by atoms with van der Waals surface area (Å²) in [5.74, 6) is 0. The maximum atomic E-state index is 8.84. The molecule has 1 aliphatic heterocycles. The number of nitrogens with two attached hydrogens (primary N) is 1. The highest BCUT2D eigenvalue weighted by molar-refractivity contribution is 5.63. The van der Waals surface area contributed by atoms with Gasteiger partial charge in [-0.15, -0.1) is 0 Å². The van der Waals surface area contributed by atoms with E-state index >= 15 is 0 Å². The largest absolute Gasteiger partial charge is 0.398 e. The number of anilines is 2. The first-order valence-electron chi connectivity index (χ1n) is 6.01. The summed E-state index contributed by atoms with van der Waals surface area (Å²) in [7, 11) is 0. The summed E-state index contributed by atoms with van der Waals surface area (Å²) in [5.41, 5.74) is 8.08. The van der Waals surface area contributed by atoms with Gasteiger partial charge in [0, 0.05) is 31.9 Å². The first kappa shape index (κ1) is 11.7. The summed E-state index contributed by atoms with van der Waals surface area (Å²) in [6.07, 6.45) is 0. The van der Waals surface area contributed by atoms with Crippen LogP contribution in [-0.4, -0.2) is 37.6 Å². The van der Waals surface area contributed by atoms with Gasteiger partial charge in [-0.2, -0.15) is 5.26 Å². The molecular formula is C13H18N4. The summed E-state index contributed by atoms with van der Waals surface area (Å²) in [6, 6.07) is 7.78. The van der Waals surface area contributed by atoms with Crippen molar-refractivity contribution in [3.8, 4) is 6.07 Å². The van der Waals surface area contributed by atoms with Crippen molar-refractivity contribution in [2.45, 2.75) is 6.92 Å². The summed E-state index contributed by atoms with van der Waals surface area (Å²) < 4.78 is 0. The van der Waals surface area contributed by atoms with Crippen LogP contribution in [0.25, 0.3) is 0 Å². The van der Waals surface area contributed by atoms with Crippen molar-refractivity contribution in [1.29, 1.82) is 5.26 Å². The Morgan fingerprint density at radius 1 is 1.29 bits per heavy atom. The Morgan fingerprint density at radius 3 is 2.53 bits per heavy atom. The molecule has 1 aromatic rings. The molecule has 1 heterocycles. The fourth-order valence-electron chi connectivity index (χ4n) is 2.17. The van der Waals surface area contributed by atoms with Gasteiger partial charge in [-0.25, -0.2) is 0 Å². The molecule has 0 amide bonds. The number of hydrogen-bond acceptors (Lipinski definition) is 4. The predicted molar refractivity (Wildman–Crippen MR) is 69.9 cm³/mol. The van der Waals surface area contributed by atoms with Crippen LogP contribution in [0.3, 0.4) is 0 Å². The Hall–Kier alpha value is -1.73. The lowest BCUT2D eigenvalue weighted by Crippen LogP contribution is -2.46. The number of benzene rings is 1. The lowest BCUT2D eigenvalue weighted by Gasteiger charge is -2.35. The standard InChI is InChI=1S/C13H18N4/c1-2-16-5-7-17(8-6-16)12-4-3-11(10-14)13(15)9-12/h3-4,9H,2,5-8,15H2,1H3. The highest BCUT2D eigenvalue weighted by Crippen LogP contribution is 2.22. The Morgan fingerprint density at radius 2 is 2.00 bits per heavy atom. The van der Waals surface area contributed by atoms with Crippen LogP contribution in [-0.2, 0) is 0 Å². The summed E-state index contributed by atoms with van der Waals surface area (Å²) in [6.45, 7) is 7.55. The van der Waals surface area contributed by atoms with Gasteiger partial charge in [0.15, 0.2) is 0 Å². The summed E-state index contributed by atoms with van der Waals surface area (Å²) in [4.78, 5) is 4.76. The van der Waals surface area contributed by atoms with E-state index in [0.717, 1.165) is 38.4 Å². The second-order valence-corrected chi connectivity index (χ2v) is 4.30. The molecule has 2 N–H and O–H groups in total. The molecule has 2 rings (SSSR count). The highest BCUT2D eigenvalue weighted by atomic mass is 15.3. The van der Waals surface area contributed by atoms with Gasteiger partial charge in [-0.3, -0.25) is 0 Å². The van der Waals surface area contributed by atoms with E-state index in [1.54, 1.807) is 6.07 Å². The van der Waals surface area contributed by atoms with Gasteiger partial charge in [-0.1, -0.05) is 6.92 Å². The van der Waals surface area contributed by atoms with Gasteiger partial charge in [-0.05, 0) is 24.7 Å². The third kappa shape index (κ3) is 2.51. The molecule has 0 spiro atoms. The van der Waals surface area contributed by atoms with Gasteiger partial charge < -0.3 is 15.5 Å². The zero-order chi connectivity index (χ0) is 12.3. The molecule has 17 heavy (non-hydrogen) atoms. The van der Waals surface area contributed by atoms with E-state index in [9.17, 15) is 0 Å². The van der Waals surface area contributed by atoms with Crippen LogP contribution in [0.2, 0.25) is 0 Å². The van der Waals surface area contributed by atoms with Crippen molar-refractivity contribution >= 4 is 11.4 Å². The normalized spacial score (nSPS) is 16.8. The third-order valence-corrected chi connectivity index (χ3v) is 3.34. The summed E-state index contributed by atoms with van der Waals surface area (Å²) >= 11 is 0. The number of likely N-dealkylation sites (N-methyl/N-ethyl adjacent to an activating group) is 1. The average Bonchev–Trinajstić information content (AvgIpc) is 2.39. The molecule has 0 saturated carbocycles. The molecule has 90 valence electrons. The van der Waals surface area contributed by atoms with Crippen LogP contribution in [0.1, 0.15) is 12.5 Å². The lowest BCUT2D eigenvalue weighted by atomic mass is 10.1. The predicted octanol–water partition coefficient (Wildman–Crippen LogP) is 1.28. The molecule has 0 unspecified atom stereocenters. The van der Waals surface area contributed by atoms with Crippen molar-refractivity contribution in [3.05, 3.63) is 23.8 Å². The molecule has 0 bridgehead atoms. The molecule has 0 aromatic heterocycles. The third-order valence-electron chi connectivity index (χ3n) is 3.34. The van der Waals surface area contributed by atoms with Crippen LogP contribution >= 0.6 is 0 Å². The molecule has 4 nitrogen and oxygen atoms in total. The maximum absolute atomic E-state index is 8.84. The quantitative estimate of drug-likeness (QED) is 0.778. The monoisotopic (exact) mass is 230 g/mol.